The van der Waals surface area contributed by atoms with Gasteiger partial charge in [0.2, 0.25) is 5.91 Å². The fourth-order valence-electron chi connectivity index (χ4n) is 3.83. The third-order valence-electron chi connectivity index (χ3n) is 5.29. The minimum Gasteiger partial charge on any atom is -0.480 e. The molecular weight excluding hydrogens is 384 g/mol. The summed E-state index contributed by atoms with van der Waals surface area (Å²) >= 11 is 0. The molecule has 0 fully saturated rings. The molecule has 0 bridgehead atoms. The van der Waals surface area contributed by atoms with Crippen molar-refractivity contribution in [3.05, 3.63) is 59.7 Å². The van der Waals surface area contributed by atoms with E-state index in [0.29, 0.717) is 0 Å². The van der Waals surface area contributed by atoms with Crippen LogP contribution in [0.25, 0.3) is 11.1 Å². The molecule has 0 unspecified atom stereocenters. The molecule has 30 heavy (non-hydrogen) atoms. The van der Waals surface area contributed by atoms with Gasteiger partial charge < -0.3 is 20.1 Å². The number of hydrogen-bond acceptors (Lipinski definition) is 4. The maximum atomic E-state index is 12.6. The van der Waals surface area contributed by atoms with Gasteiger partial charge >= 0.3 is 12.1 Å². The number of alkyl carbamates (subject to hydrolysis) is 1. The summed E-state index contributed by atoms with van der Waals surface area (Å²) < 4.78 is 5.48. The fourth-order valence-corrected chi connectivity index (χ4v) is 3.83. The number of rotatable bonds is 7. The van der Waals surface area contributed by atoms with Crippen molar-refractivity contribution in [1.29, 1.82) is 0 Å². The highest BCUT2D eigenvalue weighted by molar-refractivity contribution is 5.91. The molecule has 2 aromatic carbocycles. The van der Waals surface area contributed by atoms with E-state index in [-0.39, 0.29) is 19.1 Å². The number of carboxylic acid groups (broad SMARTS) is 1. The Morgan fingerprint density at radius 2 is 1.57 bits per heavy atom. The Kier molecular flexibility index (Phi) is 6.10. The molecule has 3 rings (SSSR count). The second kappa shape index (κ2) is 8.57. The van der Waals surface area contributed by atoms with Crippen molar-refractivity contribution in [3.8, 4) is 11.1 Å². The summed E-state index contributed by atoms with van der Waals surface area (Å²) in [6, 6.07) is 16.0. The maximum Gasteiger partial charge on any atom is 0.408 e. The monoisotopic (exact) mass is 410 g/mol. The second-order valence-electron chi connectivity index (χ2n) is 7.79. The summed E-state index contributed by atoms with van der Waals surface area (Å²) in [6.45, 7) is 4.68. The second-order valence-corrected chi connectivity index (χ2v) is 7.79. The predicted molar refractivity (Wildman–Crippen MR) is 112 cm³/mol. The Hall–Kier alpha value is -3.35. The molecule has 0 aliphatic heterocycles. The third kappa shape index (κ3) is 4.30. The van der Waals surface area contributed by atoms with Crippen molar-refractivity contribution in [2.75, 3.05) is 19.7 Å². The first-order valence-corrected chi connectivity index (χ1v) is 9.89. The van der Waals surface area contributed by atoms with Gasteiger partial charge in [0, 0.05) is 12.5 Å². The lowest BCUT2D eigenvalue weighted by atomic mass is 9.98. The standard InChI is InChI=1S/C23H26N2O5/c1-4-25(13-20(26)27)21(28)23(2,3)24-22(29)30-14-19-17-11-7-5-9-15(17)16-10-6-8-12-18(16)19/h5-12,19H,4,13-14H2,1-3H3,(H,24,29)(H,26,27). The number of carbonyl (C=O) groups is 3. The number of fused-ring (bicyclic) bond motifs is 3. The summed E-state index contributed by atoms with van der Waals surface area (Å²) in [6.07, 6.45) is -0.721. The first kappa shape index (κ1) is 21.4. The minimum absolute atomic E-state index is 0.0823. The molecule has 0 radical (unpaired) electrons. The van der Waals surface area contributed by atoms with E-state index in [1.54, 1.807) is 6.92 Å². The zero-order valence-electron chi connectivity index (χ0n) is 17.3. The van der Waals surface area contributed by atoms with Crippen LogP contribution in [0.4, 0.5) is 4.79 Å². The minimum atomic E-state index is -1.30. The summed E-state index contributed by atoms with van der Waals surface area (Å²) in [4.78, 5) is 37.2. The predicted octanol–water partition coefficient (Wildman–Crippen LogP) is 3.24. The van der Waals surface area contributed by atoms with Crippen LogP contribution in [0.5, 0.6) is 0 Å². The van der Waals surface area contributed by atoms with Gasteiger partial charge in [-0.05, 0) is 43.0 Å². The van der Waals surface area contributed by atoms with Crippen molar-refractivity contribution in [2.24, 2.45) is 0 Å². The van der Waals surface area contributed by atoms with Crippen LogP contribution in [0.2, 0.25) is 0 Å². The molecule has 1 aliphatic rings. The molecule has 0 atom stereocenters. The SMILES string of the molecule is CCN(CC(=O)O)C(=O)C(C)(C)NC(=O)OCC1c2ccccc2-c2ccccc21. The van der Waals surface area contributed by atoms with E-state index >= 15 is 0 Å². The average Bonchev–Trinajstić information content (AvgIpc) is 3.03. The van der Waals surface area contributed by atoms with E-state index in [2.05, 4.69) is 17.4 Å². The molecule has 0 saturated carbocycles. The van der Waals surface area contributed by atoms with Crippen LogP contribution >= 0.6 is 0 Å². The number of carboxylic acids is 1. The van der Waals surface area contributed by atoms with Gasteiger partial charge in [0.05, 0.1) is 0 Å². The number of nitrogens with one attached hydrogen (secondary N) is 1. The molecule has 7 nitrogen and oxygen atoms in total. The van der Waals surface area contributed by atoms with Crippen LogP contribution in [0.1, 0.15) is 37.8 Å². The summed E-state index contributed by atoms with van der Waals surface area (Å²) in [5, 5.41) is 11.5. The number of aliphatic carboxylic acids is 1. The lowest BCUT2D eigenvalue weighted by Gasteiger charge is -2.30. The van der Waals surface area contributed by atoms with E-state index in [4.69, 9.17) is 9.84 Å². The Balaban J connectivity index is 1.67. The highest BCUT2D eigenvalue weighted by Gasteiger charge is 2.35. The van der Waals surface area contributed by atoms with Crippen molar-refractivity contribution >= 4 is 18.0 Å². The largest absolute Gasteiger partial charge is 0.480 e. The average molecular weight is 410 g/mol. The molecule has 158 valence electrons. The van der Waals surface area contributed by atoms with Crippen molar-refractivity contribution in [3.63, 3.8) is 0 Å². The summed E-state index contributed by atoms with van der Waals surface area (Å²) in [5.74, 6) is -1.68. The van der Waals surface area contributed by atoms with Gasteiger partial charge in [0.15, 0.2) is 0 Å². The van der Waals surface area contributed by atoms with Crippen LogP contribution < -0.4 is 5.32 Å². The van der Waals surface area contributed by atoms with Crippen LogP contribution in [-0.4, -0.2) is 53.2 Å². The highest BCUT2D eigenvalue weighted by Crippen LogP contribution is 2.44. The van der Waals surface area contributed by atoms with Crippen LogP contribution in [0.3, 0.4) is 0 Å². The van der Waals surface area contributed by atoms with E-state index < -0.39 is 30.1 Å². The van der Waals surface area contributed by atoms with Crippen molar-refractivity contribution in [2.45, 2.75) is 32.2 Å². The number of hydrogen-bond donors (Lipinski definition) is 2. The maximum absolute atomic E-state index is 12.6. The van der Waals surface area contributed by atoms with Gasteiger partial charge in [0.1, 0.15) is 18.7 Å². The number of carbonyl (C=O) groups excluding carboxylic acids is 2. The van der Waals surface area contributed by atoms with Gasteiger partial charge in [-0.2, -0.15) is 0 Å². The Morgan fingerprint density at radius 1 is 1.03 bits per heavy atom. The molecule has 7 heteroatoms. The molecular formula is C23H26N2O5. The quantitative estimate of drug-likeness (QED) is 0.731. The third-order valence-corrected chi connectivity index (χ3v) is 5.29. The van der Waals surface area contributed by atoms with Crippen LogP contribution in [0.15, 0.2) is 48.5 Å². The lowest BCUT2D eigenvalue weighted by molar-refractivity contribution is -0.146. The number of nitrogens with zero attached hydrogens (tertiary/aromatic N) is 1. The first-order valence-electron chi connectivity index (χ1n) is 9.89. The molecule has 2 N–H and O–H groups in total. The Bertz CT molecular complexity index is 924. The van der Waals surface area contributed by atoms with Gasteiger partial charge in [0.25, 0.3) is 0 Å². The molecule has 0 heterocycles. The number of benzene rings is 2. The molecule has 1 aliphatic carbocycles. The number of ether oxygens (including phenoxy) is 1. The van der Waals surface area contributed by atoms with Gasteiger partial charge in [-0.1, -0.05) is 48.5 Å². The zero-order valence-corrected chi connectivity index (χ0v) is 17.3. The molecule has 2 amide bonds. The topological polar surface area (TPSA) is 95.9 Å². The molecule has 2 aromatic rings. The van der Waals surface area contributed by atoms with Gasteiger partial charge in [-0.15, -0.1) is 0 Å². The van der Waals surface area contributed by atoms with Crippen molar-refractivity contribution < 1.29 is 24.2 Å². The summed E-state index contributed by atoms with van der Waals surface area (Å²) in [5.41, 5.74) is 3.16. The number of amides is 2. The normalized spacial score (nSPS) is 12.6. The van der Waals surface area contributed by atoms with Gasteiger partial charge in [-0.25, -0.2) is 4.79 Å². The molecule has 0 saturated heterocycles. The Labute approximate surface area is 175 Å². The zero-order chi connectivity index (χ0) is 21.9. The van der Waals surface area contributed by atoms with Crippen LogP contribution in [-0.2, 0) is 14.3 Å². The van der Waals surface area contributed by atoms with E-state index in [1.807, 2.05) is 36.4 Å². The Morgan fingerprint density at radius 3 is 2.07 bits per heavy atom. The highest BCUT2D eigenvalue weighted by atomic mass is 16.5. The van der Waals surface area contributed by atoms with E-state index in [0.717, 1.165) is 22.3 Å². The van der Waals surface area contributed by atoms with Crippen molar-refractivity contribution in [1.82, 2.24) is 10.2 Å². The molecule has 0 spiro atoms. The number of likely N-dealkylation sites (N-methyl/N-ethyl adjacent to an activating group) is 1. The lowest BCUT2D eigenvalue weighted by Crippen LogP contribution is -2.56. The first-order chi connectivity index (χ1) is 14.2. The smallest absolute Gasteiger partial charge is 0.408 e. The van der Waals surface area contributed by atoms with Gasteiger partial charge in [-0.3, -0.25) is 9.59 Å². The summed E-state index contributed by atoms with van der Waals surface area (Å²) in [7, 11) is 0. The fraction of sp³-hybridized carbons (Fsp3) is 0.348. The van der Waals surface area contributed by atoms with E-state index in [9.17, 15) is 14.4 Å². The van der Waals surface area contributed by atoms with Crippen LogP contribution in [0, 0.1) is 0 Å². The molecule has 0 aromatic heterocycles. The van der Waals surface area contributed by atoms with E-state index in [1.165, 1.54) is 18.7 Å².